The van der Waals surface area contributed by atoms with Crippen molar-refractivity contribution in [3.05, 3.63) is 73.7 Å². The number of H-pyrrole nitrogens is 1. The zero-order chi connectivity index (χ0) is 18.8. The Kier molecular flexibility index (Phi) is 5.25. The van der Waals surface area contributed by atoms with Crippen molar-refractivity contribution >= 4 is 40.6 Å². The van der Waals surface area contributed by atoms with Gasteiger partial charge in [-0.15, -0.1) is 0 Å². The minimum absolute atomic E-state index is 0.127. The molecule has 0 aliphatic rings. The monoisotopic (exact) mass is 387 g/mol. The number of aromatic amines is 1. The van der Waals surface area contributed by atoms with Gasteiger partial charge in [-0.05, 0) is 54.5 Å². The first-order chi connectivity index (χ1) is 12.4. The van der Waals surface area contributed by atoms with E-state index in [4.69, 9.17) is 23.8 Å². The number of fused-ring (bicyclic) bond motifs is 1. The van der Waals surface area contributed by atoms with E-state index in [0.29, 0.717) is 26.3 Å². The van der Waals surface area contributed by atoms with E-state index in [2.05, 4.69) is 10.3 Å². The highest BCUT2D eigenvalue weighted by atomic mass is 35.5. The van der Waals surface area contributed by atoms with Crippen LogP contribution in [0.2, 0.25) is 5.02 Å². The van der Waals surface area contributed by atoms with Gasteiger partial charge in [-0.1, -0.05) is 30.7 Å². The smallest absolute Gasteiger partial charge is 0.261 e. The Balaban J connectivity index is 1.91. The van der Waals surface area contributed by atoms with E-state index in [1.165, 1.54) is 4.57 Å². The van der Waals surface area contributed by atoms with Crippen LogP contribution in [-0.2, 0) is 7.05 Å². The van der Waals surface area contributed by atoms with Crippen molar-refractivity contribution in [3.63, 3.8) is 0 Å². The molecule has 0 fully saturated rings. The SMILES string of the molecule is CC[C@H](NC(=O)c1ccc2c(=O)n(C)c(=S)[nH]c2c1)c1ccc(Cl)cc1. The highest BCUT2D eigenvalue weighted by molar-refractivity contribution is 7.71. The number of benzene rings is 2. The van der Waals surface area contributed by atoms with Gasteiger partial charge in [0.05, 0.1) is 16.9 Å². The van der Waals surface area contributed by atoms with Gasteiger partial charge in [-0.25, -0.2) is 0 Å². The van der Waals surface area contributed by atoms with Crippen LogP contribution < -0.4 is 10.9 Å². The highest BCUT2D eigenvalue weighted by Crippen LogP contribution is 2.20. The predicted molar refractivity (Wildman–Crippen MR) is 106 cm³/mol. The van der Waals surface area contributed by atoms with E-state index in [0.717, 1.165) is 12.0 Å². The van der Waals surface area contributed by atoms with Crippen LogP contribution in [0.5, 0.6) is 0 Å². The van der Waals surface area contributed by atoms with Gasteiger partial charge < -0.3 is 10.3 Å². The van der Waals surface area contributed by atoms with E-state index in [1.54, 1.807) is 37.4 Å². The molecule has 134 valence electrons. The van der Waals surface area contributed by atoms with Crippen LogP contribution in [0.15, 0.2) is 47.3 Å². The van der Waals surface area contributed by atoms with Gasteiger partial charge in [0, 0.05) is 17.6 Å². The molecule has 1 heterocycles. The third-order valence-electron chi connectivity index (χ3n) is 4.35. The quantitative estimate of drug-likeness (QED) is 0.661. The number of carbonyl (C=O) groups excluding carboxylic acids is 1. The number of halogens is 1. The molecule has 0 bridgehead atoms. The lowest BCUT2D eigenvalue weighted by atomic mass is 10.0. The van der Waals surface area contributed by atoms with Gasteiger partial charge in [0.25, 0.3) is 11.5 Å². The summed E-state index contributed by atoms with van der Waals surface area (Å²) in [6.07, 6.45) is 0.740. The summed E-state index contributed by atoms with van der Waals surface area (Å²) in [5.74, 6) is -0.214. The number of nitrogens with one attached hydrogen (secondary N) is 2. The maximum absolute atomic E-state index is 12.7. The molecule has 1 atom stereocenters. The average Bonchev–Trinajstić information content (AvgIpc) is 2.64. The topological polar surface area (TPSA) is 66.9 Å². The molecule has 0 aliphatic carbocycles. The van der Waals surface area contributed by atoms with Gasteiger partial charge in [0.2, 0.25) is 0 Å². The fourth-order valence-electron chi connectivity index (χ4n) is 2.81. The molecule has 1 amide bonds. The van der Waals surface area contributed by atoms with Crippen molar-refractivity contribution in [2.45, 2.75) is 19.4 Å². The Morgan fingerprint density at radius 1 is 1.27 bits per heavy atom. The number of aromatic nitrogens is 2. The summed E-state index contributed by atoms with van der Waals surface area (Å²) < 4.78 is 1.68. The largest absolute Gasteiger partial charge is 0.345 e. The van der Waals surface area contributed by atoms with Crippen LogP contribution in [0, 0.1) is 4.77 Å². The van der Waals surface area contributed by atoms with Crippen molar-refractivity contribution in [1.82, 2.24) is 14.9 Å². The van der Waals surface area contributed by atoms with Crippen LogP contribution in [0.25, 0.3) is 10.9 Å². The molecule has 7 heteroatoms. The molecule has 0 radical (unpaired) electrons. The highest BCUT2D eigenvalue weighted by Gasteiger charge is 2.15. The van der Waals surface area contributed by atoms with E-state index < -0.39 is 0 Å². The third kappa shape index (κ3) is 3.57. The standard InChI is InChI=1S/C19H18ClN3O2S/c1-3-15(11-4-7-13(20)8-5-11)21-17(24)12-6-9-14-16(10-12)22-19(26)23(2)18(14)25/h4-10,15H,3H2,1-2H3,(H,21,24)(H,22,26)/t15-/m0/s1. The summed E-state index contributed by atoms with van der Waals surface area (Å²) in [6, 6.07) is 12.2. The molecular formula is C19H18ClN3O2S. The van der Waals surface area contributed by atoms with E-state index in [1.807, 2.05) is 19.1 Å². The first-order valence-corrected chi connectivity index (χ1v) is 8.98. The summed E-state index contributed by atoms with van der Waals surface area (Å²) >= 11 is 11.1. The van der Waals surface area contributed by atoms with Gasteiger partial charge in [0.1, 0.15) is 0 Å². The lowest BCUT2D eigenvalue weighted by Crippen LogP contribution is -2.28. The Hall–Kier alpha value is -2.44. The first kappa shape index (κ1) is 18.4. The van der Waals surface area contributed by atoms with Crippen molar-refractivity contribution in [3.8, 4) is 0 Å². The van der Waals surface area contributed by atoms with Crippen molar-refractivity contribution in [2.75, 3.05) is 0 Å². The molecule has 5 nitrogen and oxygen atoms in total. The fourth-order valence-corrected chi connectivity index (χ4v) is 3.12. The van der Waals surface area contributed by atoms with E-state index in [9.17, 15) is 9.59 Å². The molecule has 3 rings (SSSR count). The second-order valence-electron chi connectivity index (χ2n) is 6.04. The Labute approximate surface area is 160 Å². The molecule has 26 heavy (non-hydrogen) atoms. The van der Waals surface area contributed by atoms with Crippen LogP contribution in [0.4, 0.5) is 0 Å². The first-order valence-electron chi connectivity index (χ1n) is 8.20. The van der Waals surface area contributed by atoms with Crippen LogP contribution in [-0.4, -0.2) is 15.5 Å². The van der Waals surface area contributed by atoms with Crippen molar-refractivity contribution in [2.24, 2.45) is 7.05 Å². The second kappa shape index (κ2) is 7.43. The molecule has 2 aromatic carbocycles. The molecule has 0 unspecified atom stereocenters. The molecule has 3 aromatic rings. The van der Waals surface area contributed by atoms with Crippen LogP contribution in [0.3, 0.4) is 0 Å². The molecule has 0 aliphatic heterocycles. The summed E-state index contributed by atoms with van der Waals surface area (Å²) in [5, 5.41) is 4.16. The fraction of sp³-hybridized carbons (Fsp3) is 0.211. The lowest BCUT2D eigenvalue weighted by Gasteiger charge is -2.18. The third-order valence-corrected chi connectivity index (χ3v) is 4.98. The molecular weight excluding hydrogens is 370 g/mol. The normalized spacial score (nSPS) is 12.1. The summed E-state index contributed by atoms with van der Waals surface area (Å²) in [6.45, 7) is 2.00. The van der Waals surface area contributed by atoms with Crippen molar-refractivity contribution in [1.29, 1.82) is 0 Å². The number of rotatable bonds is 4. The predicted octanol–water partition coefficient (Wildman–Crippen LogP) is 4.13. The van der Waals surface area contributed by atoms with Gasteiger partial charge >= 0.3 is 0 Å². The maximum atomic E-state index is 12.7. The zero-order valence-corrected chi connectivity index (χ0v) is 15.9. The van der Waals surface area contributed by atoms with Gasteiger partial charge in [-0.3, -0.25) is 14.2 Å². The molecule has 0 saturated carbocycles. The Morgan fingerprint density at radius 2 is 1.96 bits per heavy atom. The number of amides is 1. The van der Waals surface area contributed by atoms with E-state index in [-0.39, 0.29) is 17.5 Å². The maximum Gasteiger partial charge on any atom is 0.261 e. The van der Waals surface area contributed by atoms with Crippen molar-refractivity contribution < 1.29 is 4.79 Å². The number of hydrogen-bond acceptors (Lipinski definition) is 3. The molecule has 2 N–H and O–H groups in total. The lowest BCUT2D eigenvalue weighted by molar-refractivity contribution is 0.0935. The Bertz CT molecular complexity index is 1090. The average molecular weight is 388 g/mol. The van der Waals surface area contributed by atoms with Gasteiger partial charge in [-0.2, -0.15) is 0 Å². The summed E-state index contributed by atoms with van der Waals surface area (Å²) in [4.78, 5) is 27.9. The number of hydrogen-bond donors (Lipinski definition) is 2. The van der Waals surface area contributed by atoms with Crippen LogP contribution >= 0.6 is 23.8 Å². The summed E-state index contributed by atoms with van der Waals surface area (Å²) in [5.41, 5.74) is 1.80. The number of nitrogens with zero attached hydrogens (tertiary/aromatic N) is 1. The zero-order valence-electron chi connectivity index (χ0n) is 14.4. The molecule has 1 aromatic heterocycles. The second-order valence-corrected chi connectivity index (χ2v) is 6.86. The van der Waals surface area contributed by atoms with E-state index >= 15 is 0 Å². The van der Waals surface area contributed by atoms with Crippen LogP contribution in [0.1, 0.15) is 35.3 Å². The van der Waals surface area contributed by atoms with Gasteiger partial charge in [0.15, 0.2) is 4.77 Å². The molecule has 0 spiro atoms. The number of carbonyl (C=O) groups is 1. The molecule has 0 saturated heterocycles. The Morgan fingerprint density at radius 3 is 2.62 bits per heavy atom. The minimum atomic E-state index is -0.214. The summed E-state index contributed by atoms with van der Waals surface area (Å²) in [7, 11) is 1.61. The minimum Gasteiger partial charge on any atom is -0.345 e.